The topological polar surface area (TPSA) is 144 Å². The molecule has 9 nitrogen and oxygen atoms in total. The van der Waals surface area contributed by atoms with Gasteiger partial charge >= 0.3 is 6.09 Å². The average molecular weight is 539 g/mol. The van der Waals surface area contributed by atoms with Crippen LogP contribution in [0.4, 0.5) is 20.6 Å². The number of nitrogens with two attached hydrogens (primary N) is 2. The van der Waals surface area contributed by atoms with E-state index in [4.69, 9.17) is 16.2 Å². The summed E-state index contributed by atoms with van der Waals surface area (Å²) in [5, 5.41) is 14.4. The van der Waals surface area contributed by atoms with Crippen LogP contribution < -0.4 is 32.7 Å². The molecule has 3 rings (SSSR count). The fourth-order valence-corrected chi connectivity index (χ4v) is 4.05. The van der Waals surface area contributed by atoms with Crippen molar-refractivity contribution in [3.8, 4) is 0 Å². The van der Waals surface area contributed by atoms with E-state index in [9.17, 15) is 14.0 Å². The summed E-state index contributed by atoms with van der Waals surface area (Å²) in [5.74, 6) is -1.49. The number of unbranched alkanes of at least 4 members (excludes halogenated alkanes) is 1. The van der Waals surface area contributed by atoms with Crippen LogP contribution in [0.25, 0.3) is 10.8 Å². The van der Waals surface area contributed by atoms with Crippen molar-refractivity contribution in [3.63, 3.8) is 0 Å². The van der Waals surface area contributed by atoms with Gasteiger partial charge in [-0.1, -0.05) is 36.4 Å². The molecule has 0 aliphatic heterocycles. The maximum absolute atomic E-state index is 14.6. The minimum Gasteiger partial charge on any atom is -0.444 e. The molecule has 0 saturated carbocycles. The minimum absolute atomic E-state index is 0.0344. The number of benzene rings is 3. The van der Waals surface area contributed by atoms with Crippen LogP contribution in [0.1, 0.15) is 41.6 Å². The molecule has 0 atom stereocenters. The van der Waals surface area contributed by atoms with Crippen molar-refractivity contribution in [2.24, 2.45) is 11.5 Å². The van der Waals surface area contributed by atoms with Crippen molar-refractivity contribution in [1.29, 1.82) is 0 Å². The second-order valence-electron chi connectivity index (χ2n) is 9.25. The molecule has 3 aromatic rings. The Bertz CT molecular complexity index is 1220. The summed E-state index contributed by atoms with van der Waals surface area (Å²) < 4.78 is 19.9. The number of anilines is 2. The quantitative estimate of drug-likeness (QED) is 0.143. The van der Waals surface area contributed by atoms with Gasteiger partial charge in [0.2, 0.25) is 0 Å². The normalized spacial score (nSPS) is 10.9. The highest BCUT2D eigenvalue weighted by molar-refractivity contribution is 6.02. The Kier molecular flexibility index (Phi) is 12.4. The molecule has 39 heavy (non-hydrogen) atoms. The first kappa shape index (κ1) is 29.8. The van der Waals surface area contributed by atoms with Gasteiger partial charge in [0.05, 0.1) is 16.9 Å². The summed E-state index contributed by atoms with van der Waals surface area (Å²) in [5.41, 5.74) is 11.8. The lowest BCUT2D eigenvalue weighted by Crippen LogP contribution is -2.22. The molecule has 0 unspecified atom stereocenters. The molecule has 0 bridgehead atoms. The number of hydrogen-bond acceptors (Lipinski definition) is 7. The first-order valence-corrected chi connectivity index (χ1v) is 13.4. The molecule has 0 aliphatic carbocycles. The van der Waals surface area contributed by atoms with E-state index in [1.54, 1.807) is 0 Å². The zero-order valence-corrected chi connectivity index (χ0v) is 22.2. The van der Waals surface area contributed by atoms with Gasteiger partial charge in [-0.15, -0.1) is 0 Å². The Morgan fingerprint density at radius 1 is 0.795 bits per heavy atom. The lowest BCUT2D eigenvalue weighted by molar-refractivity contribution is 0.100. The number of halogens is 1. The van der Waals surface area contributed by atoms with E-state index >= 15 is 0 Å². The highest BCUT2D eigenvalue weighted by Crippen LogP contribution is 2.25. The summed E-state index contributed by atoms with van der Waals surface area (Å²) in [7, 11) is 0. The van der Waals surface area contributed by atoms with E-state index in [1.165, 1.54) is 6.07 Å². The largest absolute Gasteiger partial charge is 0.444 e. The predicted octanol–water partition coefficient (Wildman–Crippen LogP) is 3.94. The number of rotatable bonds is 17. The molecule has 210 valence electrons. The van der Waals surface area contributed by atoms with E-state index in [2.05, 4.69) is 21.3 Å². The SMILES string of the molecule is NCCCNCCCCNCCCNc1cc(NC(=O)OCc2ccc3ccccc3c2)c(C(N)=O)cc1F. The van der Waals surface area contributed by atoms with E-state index in [0.717, 1.165) is 74.3 Å². The highest BCUT2D eigenvalue weighted by Gasteiger charge is 2.16. The third kappa shape index (κ3) is 10.2. The molecule has 3 aromatic carbocycles. The number of fused-ring (bicyclic) bond motifs is 1. The molecule has 0 spiro atoms. The lowest BCUT2D eigenvalue weighted by Gasteiger charge is -2.14. The van der Waals surface area contributed by atoms with Crippen LogP contribution in [0.3, 0.4) is 0 Å². The summed E-state index contributed by atoms with van der Waals surface area (Å²) in [6, 6.07) is 16.0. The first-order chi connectivity index (χ1) is 19.0. The maximum Gasteiger partial charge on any atom is 0.411 e. The summed E-state index contributed by atoms with van der Waals surface area (Å²) in [6.45, 7) is 4.88. The molecule has 0 radical (unpaired) electrons. The van der Waals surface area contributed by atoms with Crippen LogP contribution in [-0.4, -0.2) is 51.3 Å². The lowest BCUT2D eigenvalue weighted by atomic mass is 10.1. The summed E-state index contributed by atoms with van der Waals surface area (Å²) in [4.78, 5) is 24.3. The van der Waals surface area contributed by atoms with Crippen LogP contribution >= 0.6 is 0 Å². The number of nitrogens with one attached hydrogen (secondary N) is 4. The van der Waals surface area contributed by atoms with E-state index < -0.39 is 17.8 Å². The van der Waals surface area contributed by atoms with Gasteiger partial charge in [0.15, 0.2) is 0 Å². The van der Waals surface area contributed by atoms with Crippen LogP contribution in [0, 0.1) is 5.82 Å². The number of amides is 2. The maximum atomic E-state index is 14.6. The van der Waals surface area contributed by atoms with E-state index in [1.807, 2.05) is 42.5 Å². The Morgan fingerprint density at radius 2 is 1.49 bits per heavy atom. The molecule has 10 heteroatoms. The molecule has 0 aromatic heterocycles. The van der Waals surface area contributed by atoms with E-state index in [0.29, 0.717) is 13.1 Å². The van der Waals surface area contributed by atoms with Gasteiger partial charge < -0.3 is 32.2 Å². The third-order valence-electron chi connectivity index (χ3n) is 6.15. The molecule has 0 heterocycles. The third-order valence-corrected chi connectivity index (χ3v) is 6.15. The van der Waals surface area contributed by atoms with Crippen molar-refractivity contribution in [3.05, 3.63) is 71.5 Å². The zero-order chi connectivity index (χ0) is 27.9. The molecular weight excluding hydrogens is 499 g/mol. The number of carbonyl (C=O) groups is 2. The molecule has 0 aliphatic rings. The average Bonchev–Trinajstić information content (AvgIpc) is 2.93. The van der Waals surface area contributed by atoms with Crippen LogP contribution in [0.15, 0.2) is 54.6 Å². The van der Waals surface area contributed by atoms with Crippen molar-refractivity contribution in [2.75, 3.05) is 49.9 Å². The van der Waals surface area contributed by atoms with Crippen LogP contribution in [-0.2, 0) is 11.3 Å². The van der Waals surface area contributed by atoms with Gasteiger partial charge in [0, 0.05) is 6.54 Å². The van der Waals surface area contributed by atoms with E-state index in [-0.39, 0.29) is 23.5 Å². The Balaban J connectivity index is 1.44. The second-order valence-corrected chi connectivity index (χ2v) is 9.25. The Morgan fingerprint density at radius 3 is 2.21 bits per heavy atom. The molecular formula is C29H39FN6O3. The number of carbonyl (C=O) groups excluding carboxylic acids is 2. The van der Waals surface area contributed by atoms with Gasteiger partial charge in [-0.3, -0.25) is 10.1 Å². The second kappa shape index (κ2) is 16.3. The summed E-state index contributed by atoms with van der Waals surface area (Å²) >= 11 is 0. The molecule has 0 saturated heterocycles. The number of ether oxygens (including phenoxy) is 1. The number of hydrogen-bond donors (Lipinski definition) is 6. The van der Waals surface area contributed by atoms with Crippen molar-refractivity contribution in [1.82, 2.24) is 10.6 Å². The molecule has 8 N–H and O–H groups in total. The van der Waals surface area contributed by atoms with Gasteiger partial charge in [-0.25, -0.2) is 9.18 Å². The van der Waals surface area contributed by atoms with Crippen LogP contribution in [0.5, 0.6) is 0 Å². The Hall–Kier alpha value is -3.73. The monoisotopic (exact) mass is 538 g/mol. The predicted molar refractivity (Wildman–Crippen MR) is 154 cm³/mol. The van der Waals surface area contributed by atoms with Crippen molar-refractivity contribution >= 4 is 34.1 Å². The Labute approximate surface area is 228 Å². The minimum atomic E-state index is -0.857. The van der Waals surface area contributed by atoms with Crippen molar-refractivity contribution < 1.29 is 18.7 Å². The van der Waals surface area contributed by atoms with Gasteiger partial charge in [-0.05, 0) is 92.9 Å². The van der Waals surface area contributed by atoms with Crippen molar-refractivity contribution in [2.45, 2.75) is 32.3 Å². The van der Waals surface area contributed by atoms with Gasteiger partial charge in [0.1, 0.15) is 12.4 Å². The van der Waals surface area contributed by atoms with Gasteiger partial charge in [-0.2, -0.15) is 0 Å². The standard InChI is InChI=1S/C29H39FN6O3/c30-25-18-24(28(32)37)26(19-27(25)35-16-6-15-34-13-4-3-12-33-14-5-11-31)36-29(38)39-20-21-9-10-22-7-1-2-8-23(22)17-21/h1-2,7-10,17-19,33-35H,3-6,11-16,20,31H2,(H2,32,37)(H,36,38). The smallest absolute Gasteiger partial charge is 0.411 e. The number of primary amides is 1. The first-order valence-electron chi connectivity index (χ1n) is 13.4. The molecule has 2 amide bonds. The van der Waals surface area contributed by atoms with Gasteiger partial charge in [0.25, 0.3) is 5.91 Å². The fraction of sp³-hybridized carbons (Fsp3) is 0.379. The van der Waals surface area contributed by atoms with Crippen LogP contribution in [0.2, 0.25) is 0 Å². The molecule has 0 fully saturated rings. The summed E-state index contributed by atoms with van der Waals surface area (Å²) in [6.07, 6.45) is 3.14. The zero-order valence-electron chi connectivity index (χ0n) is 22.2. The highest BCUT2D eigenvalue weighted by atomic mass is 19.1. The fourth-order valence-electron chi connectivity index (χ4n) is 4.05.